The van der Waals surface area contributed by atoms with Gasteiger partial charge in [-0.3, -0.25) is 14.6 Å². The summed E-state index contributed by atoms with van der Waals surface area (Å²) in [6.07, 6.45) is -3.14. The van der Waals surface area contributed by atoms with Crippen molar-refractivity contribution in [2.45, 2.75) is 19.0 Å². The average Bonchev–Trinajstić information content (AvgIpc) is 2.42. The Morgan fingerprint density at radius 1 is 1.35 bits per heavy atom. The molecule has 0 saturated carbocycles. The van der Waals surface area contributed by atoms with E-state index in [2.05, 4.69) is 15.0 Å². The Morgan fingerprint density at radius 2 is 2.05 bits per heavy atom. The fourth-order valence-electron chi connectivity index (χ4n) is 1.33. The number of aromatic nitrogens is 1. The third kappa shape index (κ3) is 4.87. The first kappa shape index (κ1) is 15.9. The molecule has 110 valence electrons. The number of nitrogens with one attached hydrogen (secondary N) is 1. The van der Waals surface area contributed by atoms with Crippen molar-refractivity contribution in [3.05, 3.63) is 29.6 Å². The minimum Gasteiger partial charge on any atom is -0.469 e. The largest absolute Gasteiger partial charge is 0.469 e. The van der Waals surface area contributed by atoms with Gasteiger partial charge in [-0.25, -0.2) is 0 Å². The molecule has 0 radical (unpaired) electrons. The fourth-order valence-corrected chi connectivity index (χ4v) is 1.33. The highest BCUT2D eigenvalue weighted by Crippen LogP contribution is 2.27. The molecule has 0 aliphatic carbocycles. The van der Waals surface area contributed by atoms with Crippen molar-refractivity contribution in [2.75, 3.05) is 13.7 Å². The molecule has 8 heteroatoms. The van der Waals surface area contributed by atoms with Crippen molar-refractivity contribution in [3.8, 4) is 0 Å². The van der Waals surface area contributed by atoms with Crippen LogP contribution in [0, 0.1) is 0 Å². The quantitative estimate of drug-likeness (QED) is 0.663. The van der Waals surface area contributed by atoms with E-state index in [1.807, 2.05) is 0 Å². The number of ether oxygens (including phenoxy) is 1. The van der Waals surface area contributed by atoms with Crippen LogP contribution in [0.4, 0.5) is 13.2 Å². The molecule has 1 aromatic heterocycles. The molecule has 1 rings (SSSR count). The number of nitrogens with zero attached hydrogens (tertiary/aromatic N) is 1. The SMILES string of the molecule is COC(=O)CCCNC(=O)c1ccc(C(F)(F)F)nc1. The Labute approximate surface area is 113 Å². The highest BCUT2D eigenvalue weighted by Gasteiger charge is 2.32. The van der Waals surface area contributed by atoms with Gasteiger partial charge in [-0.2, -0.15) is 13.2 Å². The predicted molar refractivity (Wildman–Crippen MR) is 62.8 cm³/mol. The summed E-state index contributed by atoms with van der Waals surface area (Å²) in [5.74, 6) is -0.938. The zero-order chi connectivity index (χ0) is 15.2. The number of esters is 1. The highest BCUT2D eigenvalue weighted by molar-refractivity contribution is 5.93. The number of hydrogen-bond acceptors (Lipinski definition) is 4. The van der Waals surface area contributed by atoms with E-state index in [9.17, 15) is 22.8 Å². The number of rotatable bonds is 5. The monoisotopic (exact) mass is 290 g/mol. The molecule has 1 N–H and O–H groups in total. The lowest BCUT2D eigenvalue weighted by Gasteiger charge is -2.07. The summed E-state index contributed by atoms with van der Waals surface area (Å²) in [4.78, 5) is 25.6. The highest BCUT2D eigenvalue weighted by atomic mass is 19.4. The van der Waals surface area contributed by atoms with E-state index < -0.39 is 23.7 Å². The minimum absolute atomic E-state index is 0.0241. The topological polar surface area (TPSA) is 68.3 Å². The normalized spacial score (nSPS) is 11.0. The molecule has 0 saturated heterocycles. The molecule has 0 unspecified atom stereocenters. The lowest BCUT2D eigenvalue weighted by Crippen LogP contribution is -2.25. The summed E-state index contributed by atoms with van der Waals surface area (Å²) in [6.45, 7) is 0.217. The number of carbonyl (C=O) groups is 2. The first-order chi connectivity index (χ1) is 9.34. The van der Waals surface area contributed by atoms with E-state index in [0.29, 0.717) is 6.42 Å². The number of halogens is 3. The van der Waals surface area contributed by atoms with Crippen LogP contribution in [0.3, 0.4) is 0 Å². The van der Waals surface area contributed by atoms with E-state index in [1.165, 1.54) is 7.11 Å². The lowest BCUT2D eigenvalue weighted by atomic mass is 10.2. The molecule has 1 aromatic rings. The summed E-state index contributed by atoms with van der Waals surface area (Å²) >= 11 is 0. The standard InChI is InChI=1S/C12H13F3N2O3/c1-20-10(18)3-2-6-16-11(19)8-4-5-9(17-7-8)12(13,14)15/h4-5,7H,2-3,6H2,1H3,(H,16,19). The van der Waals surface area contributed by atoms with Gasteiger partial charge in [0.25, 0.3) is 5.91 Å². The minimum atomic E-state index is -4.53. The Morgan fingerprint density at radius 3 is 2.55 bits per heavy atom. The van der Waals surface area contributed by atoms with Gasteiger partial charge in [-0.15, -0.1) is 0 Å². The molecule has 20 heavy (non-hydrogen) atoms. The summed E-state index contributed by atoms with van der Waals surface area (Å²) < 4.78 is 41.2. The molecule has 0 aliphatic heterocycles. The number of alkyl halides is 3. The summed E-state index contributed by atoms with van der Waals surface area (Å²) in [5, 5.41) is 2.47. The maximum atomic E-state index is 12.3. The number of carbonyl (C=O) groups excluding carboxylic acids is 2. The molecule has 1 amide bonds. The van der Waals surface area contributed by atoms with Crippen LogP contribution in [0.25, 0.3) is 0 Å². The van der Waals surface area contributed by atoms with E-state index in [1.54, 1.807) is 0 Å². The summed E-state index contributed by atoms with van der Waals surface area (Å²) in [6, 6.07) is 1.79. The number of pyridine rings is 1. The van der Waals surface area contributed by atoms with Crippen molar-refractivity contribution < 1.29 is 27.5 Å². The smallest absolute Gasteiger partial charge is 0.433 e. The first-order valence-corrected chi connectivity index (χ1v) is 5.73. The molecular weight excluding hydrogens is 277 g/mol. The maximum absolute atomic E-state index is 12.3. The van der Waals surface area contributed by atoms with Crippen molar-refractivity contribution in [2.24, 2.45) is 0 Å². The van der Waals surface area contributed by atoms with Gasteiger partial charge in [0.1, 0.15) is 5.69 Å². The zero-order valence-electron chi connectivity index (χ0n) is 10.7. The van der Waals surface area contributed by atoms with Crippen molar-refractivity contribution in [3.63, 3.8) is 0 Å². The summed E-state index contributed by atoms with van der Waals surface area (Å²) in [7, 11) is 1.26. The second-order valence-electron chi connectivity index (χ2n) is 3.87. The molecule has 5 nitrogen and oxygen atoms in total. The van der Waals surface area contributed by atoms with Crippen LogP contribution in [0.1, 0.15) is 28.9 Å². The Balaban J connectivity index is 2.46. The van der Waals surface area contributed by atoms with E-state index in [4.69, 9.17) is 0 Å². The average molecular weight is 290 g/mol. The number of hydrogen-bond donors (Lipinski definition) is 1. The molecule has 0 aliphatic rings. The van der Waals surface area contributed by atoms with Crippen molar-refractivity contribution in [1.82, 2.24) is 10.3 Å². The molecule has 0 bridgehead atoms. The molecule has 0 fully saturated rings. The Kier molecular flexibility index (Phi) is 5.48. The van der Waals surface area contributed by atoms with Gasteiger partial charge >= 0.3 is 12.1 Å². The molecule has 0 spiro atoms. The second-order valence-corrected chi connectivity index (χ2v) is 3.87. The third-order valence-electron chi connectivity index (χ3n) is 2.39. The second kappa shape index (κ2) is 6.88. The van der Waals surface area contributed by atoms with Crippen molar-refractivity contribution in [1.29, 1.82) is 0 Å². The first-order valence-electron chi connectivity index (χ1n) is 5.73. The van der Waals surface area contributed by atoms with Crippen molar-refractivity contribution >= 4 is 11.9 Å². The van der Waals surface area contributed by atoms with Crippen LogP contribution >= 0.6 is 0 Å². The lowest BCUT2D eigenvalue weighted by molar-refractivity contribution is -0.141. The van der Waals surface area contributed by atoms with Gasteiger partial charge in [0.2, 0.25) is 0 Å². The molecule has 0 atom stereocenters. The molecule has 1 heterocycles. The number of methoxy groups -OCH3 is 1. The van der Waals surface area contributed by atoms with E-state index >= 15 is 0 Å². The number of amides is 1. The van der Waals surface area contributed by atoms with Gasteiger partial charge in [0, 0.05) is 19.2 Å². The van der Waals surface area contributed by atoms with Crippen LogP contribution in [-0.2, 0) is 15.7 Å². The van der Waals surface area contributed by atoms with Crippen LogP contribution in [0.15, 0.2) is 18.3 Å². The zero-order valence-corrected chi connectivity index (χ0v) is 10.7. The van der Waals surface area contributed by atoms with Crippen LogP contribution < -0.4 is 5.32 Å². The van der Waals surface area contributed by atoms with Crippen LogP contribution in [-0.4, -0.2) is 30.5 Å². The van der Waals surface area contributed by atoms with Gasteiger partial charge in [0.15, 0.2) is 0 Å². The maximum Gasteiger partial charge on any atom is 0.433 e. The summed E-state index contributed by atoms with van der Waals surface area (Å²) in [5.41, 5.74) is -1.03. The Hall–Kier alpha value is -2.12. The predicted octanol–water partition coefficient (Wildman–Crippen LogP) is 1.78. The van der Waals surface area contributed by atoms with Gasteiger partial charge in [-0.05, 0) is 18.6 Å². The fraction of sp³-hybridized carbons (Fsp3) is 0.417. The third-order valence-corrected chi connectivity index (χ3v) is 2.39. The van der Waals surface area contributed by atoms with E-state index in [0.717, 1.165) is 18.3 Å². The molecular formula is C12H13F3N2O3. The molecule has 0 aromatic carbocycles. The van der Waals surface area contributed by atoms with Gasteiger partial charge in [-0.1, -0.05) is 0 Å². The van der Waals surface area contributed by atoms with Gasteiger partial charge < -0.3 is 10.1 Å². The Bertz CT molecular complexity index is 472. The van der Waals surface area contributed by atoms with E-state index in [-0.39, 0.29) is 18.5 Å². The van der Waals surface area contributed by atoms with Crippen LogP contribution in [0.2, 0.25) is 0 Å². The van der Waals surface area contributed by atoms with Crippen LogP contribution in [0.5, 0.6) is 0 Å². The van der Waals surface area contributed by atoms with Gasteiger partial charge in [0.05, 0.1) is 12.7 Å².